The van der Waals surface area contributed by atoms with Crippen molar-refractivity contribution in [2.45, 2.75) is 37.0 Å². The van der Waals surface area contributed by atoms with Crippen LogP contribution in [0.25, 0.3) is 0 Å². The number of nitrogens with one attached hydrogen (secondary N) is 1. The molecule has 0 amide bonds. The lowest BCUT2D eigenvalue weighted by Gasteiger charge is -2.35. The van der Waals surface area contributed by atoms with Gasteiger partial charge in [-0.1, -0.05) is 42.5 Å². The van der Waals surface area contributed by atoms with E-state index >= 15 is 0 Å². The first-order valence-electron chi connectivity index (χ1n) is 6.89. The van der Waals surface area contributed by atoms with Gasteiger partial charge in [0.15, 0.2) is 0 Å². The van der Waals surface area contributed by atoms with Crippen LogP contribution in [0.15, 0.2) is 23.1 Å². The van der Waals surface area contributed by atoms with Gasteiger partial charge in [-0.3, -0.25) is 0 Å². The Labute approximate surface area is 141 Å². The van der Waals surface area contributed by atoms with Crippen LogP contribution in [-0.2, 0) is 10.0 Å². The first-order chi connectivity index (χ1) is 9.88. The SMILES string of the molecule is O=S(=O)(NCC1(CCl)CCCCC1)c1cc(Cl)ccc1Cl. The number of hydrogen-bond acceptors (Lipinski definition) is 2. The second-order valence-corrected chi connectivity index (χ2v) is 8.44. The molecule has 21 heavy (non-hydrogen) atoms. The van der Waals surface area contributed by atoms with Gasteiger partial charge in [-0.15, -0.1) is 11.6 Å². The fourth-order valence-corrected chi connectivity index (χ4v) is 4.95. The molecular weight excluding hydrogens is 353 g/mol. The summed E-state index contributed by atoms with van der Waals surface area (Å²) in [6, 6.07) is 4.40. The molecule has 0 unspecified atom stereocenters. The molecule has 0 aromatic heterocycles. The molecule has 1 saturated carbocycles. The lowest BCUT2D eigenvalue weighted by Crippen LogP contribution is -2.40. The molecular formula is C14H18Cl3NO2S. The maximum absolute atomic E-state index is 12.4. The summed E-state index contributed by atoms with van der Waals surface area (Å²) in [5, 5.41) is 0.500. The van der Waals surface area contributed by atoms with E-state index in [0.29, 0.717) is 17.4 Å². The van der Waals surface area contributed by atoms with Crippen LogP contribution >= 0.6 is 34.8 Å². The molecule has 1 aliphatic carbocycles. The van der Waals surface area contributed by atoms with Crippen LogP contribution in [0, 0.1) is 5.41 Å². The topological polar surface area (TPSA) is 46.2 Å². The summed E-state index contributed by atoms with van der Waals surface area (Å²) in [5.74, 6) is 0.457. The summed E-state index contributed by atoms with van der Waals surface area (Å²) in [4.78, 5) is 0.0113. The Bertz CT molecular complexity index is 598. The van der Waals surface area contributed by atoms with E-state index in [1.54, 1.807) is 6.07 Å². The third kappa shape index (κ3) is 4.26. The molecule has 1 fully saturated rings. The van der Waals surface area contributed by atoms with Gasteiger partial charge in [0, 0.05) is 17.4 Å². The molecule has 1 aromatic carbocycles. The number of hydrogen-bond donors (Lipinski definition) is 1. The van der Waals surface area contributed by atoms with Crippen molar-refractivity contribution in [2.24, 2.45) is 5.41 Å². The Kier molecular flexibility index (Phi) is 5.83. The Morgan fingerprint density at radius 3 is 2.43 bits per heavy atom. The number of benzene rings is 1. The lowest BCUT2D eigenvalue weighted by molar-refractivity contribution is 0.223. The smallest absolute Gasteiger partial charge is 0.211 e. The van der Waals surface area contributed by atoms with Gasteiger partial charge in [-0.05, 0) is 36.5 Å². The molecule has 3 nitrogen and oxygen atoms in total. The highest BCUT2D eigenvalue weighted by Gasteiger charge is 2.33. The molecule has 1 N–H and O–H groups in total. The van der Waals surface area contributed by atoms with Gasteiger partial charge in [-0.2, -0.15) is 0 Å². The number of alkyl halides is 1. The molecule has 1 aliphatic rings. The van der Waals surface area contributed by atoms with Crippen molar-refractivity contribution >= 4 is 44.8 Å². The highest BCUT2D eigenvalue weighted by Crippen LogP contribution is 2.37. The van der Waals surface area contributed by atoms with Gasteiger partial charge in [0.05, 0.1) is 5.02 Å². The monoisotopic (exact) mass is 369 g/mol. The maximum atomic E-state index is 12.4. The maximum Gasteiger partial charge on any atom is 0.242 e. The van der Waals surface area contributed by atoms with Crippen LogP contribution in [0.3, 0.4) is 0 Å². The molecule has 118 valence electrons. The second-order valence-electron chi connectivity index (χ2n) is 5.59. The quantitative estimate of drug-likeness (QED) is 0.778. The van der Waals surface area contributed by atoms with Crippen molar-refractivity contribution in [3.8, 4) is 0 Å². The first kappa shape index (κ1) is 17.4. The van der Waals surface area contributed by atoms with Crippen molar-refractivity contribution in [3.63, 3.8) is 0 Å². The predicted octanol–water partition coefficient (Wildman–Crippen LogP) is 4.46. The van der Waals surface area contributed by atoms with Gasteiger partial charge in [-0.25, -0.2) is 13.1 Å². The average molecular weight is 371 g/mol. The molecule has 2 rings (SSSR count). The lowest BCUT2D eigenvalue weighted by atomic mass is 9.76. The normalized spacial score (nSPS) is 18.6. The zero-order chi connectivity index (χ0) is 15.5. The summed E-state index contributed by atoms with van der Waals surface area (Å²) in [7, 11) is -3.69. The third-order valence-electron chi connectivity index (χ3n) is 4.02. The van der Waals surface area contributed by atoms with Crippen LogP contribution in [0.5, 0.6) is 0 Å². The van der Waals surface area contributed by atoms with Gasteiger partial charge < -0.3 is 0 Å². The van der Waals surface area contributed by atoms with Crippen molar-refractivity contribution < 1.29 is 8.42 Å². The number of halogens is 3. The van der Waals surface area contributed by atoms with Crippen LogP contribution < -0.4 is 4.72 Å². The molecule has 0 saturated heterocycles. The number of rotatable bonds is 5. The molecule has 0 atom stereocenters. The van der Waals surface area contributed by atoms with E-state index in [9.17, 15) is 8.42 Å². The van der Waals surface area contributed by atoms with E-state index in [0.717, 1.165) is 25.7 Å². The van der Waals surface area contributed by atoms with E-state index < -0.39 is 10.0 Å². The molecule has 0 radical (unpaired) electrons. The molecule has 0 spiro atoms. The van der Waals surface area contributed by atoms with Gasteiger partial charge in [0.2, 0.25) is 10.0 Å². The van der Waals surface area contributed by atoms with Gasteiger partial charge in [0.25, 0.3) is 0 Å². The van der Waals surface area contributed by atoms with E-state index in [2.05, 4.69) is 4.72 Å². The summed E-state index contributed by atoms with van der Waals surface area (Å²) in [6.07, 6.45) is 5.26. The van der Waals surface area contributed by atoms with Crippen LogP contribution in [0.1, 0.15) is 32.1 Å². The van der Waals surface area contributed by atoms with E-state index in [4.69, 9.17) is 34.8 Å². The van der Waals surface area contributed by atoms with E-state index in [-0.39, 0.29) is 15.3 Å². The third-order valence-corrected chi connectivity index (χ3v) is 6.70. The van der Waals surface area contributed by atoms with Crippen molar-refractivity contribution in [1.82, 2.24) is 4.72 Å². The summed E-state index contributed by atoms with van der Waals surface area (Å²) >= 11 is 17.9. The van der Waals surface area contributed by atoms with E-state index in [1.807, 2.05) is 0 Å². The summed E-state index contributed by atoms with van der Waals surface area (Å²) < 4.78 is 27.5. The fraction of sp³-hybridized carbons (Fsp3) is 0.571. The second kappa shape index (κ2) is 7.05. The minimum absolute atomic E-state index is 0.0113. The predicted molar refractivity (Wildman–Crippen MR) is 87.9 cm³/mol. The highest BCUT2D eigenvalue weighted by molar-refractivity contribution is 7.89. The Balaban J connectivity index is 2.15. The number of sulfonamides is 1. The first-order valence-corrected chi connectivity index (χ1v) is 9.67. The van der Waals surface area contributed by atoms with Crippen molar-refractivity contribution in [3.05, 3.63) is 28.2 Å². The van der Waals surface area contributed by atoms with Crippen molar-refractivity contribution in [1.29, 1.82) is 0 Å². The minimum atomic E-state index is -3.69. The molecule has 0 bridgehead atoms. The van der Waals surface area contributed by atoms with Crippen LogP contribution in [0.2, 0.25) is 10.0 Å². The molecule has 1 aromatic rings. The van der Waals surface area contributed by atoms with Crippen molar-refractivity contribution in [2.75, 3.05) is 12.4 Å². The Morgan fingerprint density at radius 2 is 1.81 bits per heavy atom. The van der Waals surface area contributed by atoms with Crippen LogP contribution in [-0.4, -0.2) is 20.8 Å². The summed E-state index contributed by atoms with van der Waals surface area (Å²) in [6.45, 7) is 0.335. The average Bonchev–Trinajstić information content (AvgIpc) is 2.49. The summed E-state index contributed by atoms with van der Waals surface area (Å²) in [5.41, 5.74) is -0.155. The van der Waals surface area contributed by atoms with Gasteiger partial charge >= 0.3 is 0 Å². The van der Waals surface area contributed by atoms with E-state index in [1.165, 1.54) is 18.6 Å². The zero-order valence-corrected chi connectivity index (χ0v) is 14.6. The fourth-order valence-electron chi connectivity index (χ4n) is 2.67. The Morgan fingerprint density at radius 1 is 1.14 bits per heavy atom. The van der Waals surface area contributed by atoms with Crippen LogP contribution in [0.4, 0.5) is 0 Å². The molecule has 0 aliphatic heterocycles. The standard InChI is InChI=1S/C14H18Cl3NO2S/c15-9-14(6-2-1-3-7-14)10-18-21(19,20)13-8-11(16)4-5-12(13)17/h4-5,8,18H,1-3,6-7,9-10H2. The largest absolute Gasteiger partial charge is 0.242 e. The van der Waals surface area contributed by atoms with Gasteiger partial charge in [0.1, 0.15) is 4.90 Å². The molecule has 0 heterocycles. The molecule has 7 heteroatoms. The minimum Gasteiger partial charge on any atom is -0.211 e. The zero-order valence-electron chi connectivity index (χ0n) is 11.5. The Hall–Kier alpha value is -0.000000000000000167. The highest BCUT2D eigenvalue weighted by atomic mass is 35.5.